The van der Waals surface area contributed by atoms with Crippen LogP contribution in [0.2, 0.25) is 0 Å². The maximum absolute atomic E-state index is 5.00. The van der Waals surface area contributed by atoms with Crippen LogP contribution in [0.5, 0.6) is 0 Å². The molecule has 5 heteroatoms. The van der Waals surface area contributed by atoms with E-state index in [4.69, 9.17) is 4.99 Å². The van der Waals surface area contributed by atoms with Gasteiger partial charge in [0.05, 0.1) is 18.4 Å². The average molecular weight is 469 g/mol. The van der Waals surface area contributed by atoms with Crippen molar-refractivity contribution in [3.63, 3.8) is 0 Å². The predicted octanol–water partition coefficient (Wildman–Crippen LogP) is 6.03. The zero-order valence-electron chi connectivity index (χ0n) is 20.2. The molecular weight excluding hydrogens is 436 g/mol. The summed E-state index contributed by atoms with van der Waals surface area (Å²) in [6, 6.07) is 29.9. The van der Waals surface area contributed by atoms with Gasteiger partial charge in [0, 0.05) is 12.1 Å². The monoisotopic (exact) mass is 468 g/mol. The molecule has 0 aliphatic carbocycles. The average Bonchev–Trinajstić information content (AvgIpc) is 2.87. The van der Waals surface area contributed by atoms with Crippen LogP contribution in [0, 0.1) is 0 Å². The van der Waals surface area contributed by atoms with Gasteiger partial charge in [-0.05, 0) is 62.1 Å². The fourth-order valence-electron chi connectivity index (χ4n) is 3.60. The Morgan fingerprint density at radius 2 is 1.09 bits per heavy atom. The third kappa shape index (κ3) is 5.91. The minimum atomic E-state index is 0.170. The summed E-state index contributed by atoms with van der Waals surface area (Å²) in [5.74, 6) is 0.911. The van der Waals surface area contributed by atoms with Crippen molar-refractivity contribution in [3.05, 3.63) is 110 Å². The maximum atomic E-state index is 5.00. The molecule has 0 bridgehead atoms. The highest BCUT2D eigenvalue weighted by Gasteiger charge is 2.32. The highest BCUT2D eigenvalue weighted by Crippen LogP contribution is 2.19. The molecule has 0 N–H and O–H groups in total. The zero-order valence-corrected chi connectivity index (χ0v) is 21.1. The van der Waals surface area contributed by atoms with Gasteiger partial charge in [0.15, 0.2) is 12.4 Å². The second-order valence-corrected chi connectivity index (χ2v) is 9.68. The zero-order chi connectivity index (χ0) is 23.9. The molecule has 0 spiro atoms. The number of nitrogens with zero attached hydrogens (tertiary/aromatic N) is 4. The number of benzene rings is 2. The molecule has 34 heavy (non-hydrogen) atoms. The first-order valence-corrected chi connectivity index (χ1v) is 12.4. The standard InChI is InChI=1S/C29H32N4S/c1-23(2)30-29(31-19-15-27(16-20-31)25-11-7-5-8-12-25)33(24(3)4)34-32-21-17-28(18-22-32)26-13-9-6-10-14-26/h5-24H,1-4H3/q+2. The van der Waals surface area contributed by atoms with E-state index in [1.54, 1.807) is 12.1 Å². The SMILES string of the molecule is CC(C)N=C(N(S[n+]1ccc(-c2ccccc2)cc1)C(C)C)[n+]1ccc(-c2ccccc2)cc1. The summed E-state index contributed by atoms with van der Waals surface area (Å²) < 4.78 is 6.49. The van der Waals surface area contributed by atoms with Gasteiger partial charge in [0.2, 0.25) is 0 Å². The Balaban J connectivity index is 1.61. The van der Waals surface area contributed by atoms with E-state index in [-0.39, 0.29) is 12.1 Å². The van der Waals surface area contributed by atoms with Gasteiger partial charge in [-0.15, -0.1) is 13.3 Å². The van der Waals surface area contributed by atoms with Crippen LogP contribution in [0.4, 0.5) is 0 Å². The molecule has 2 aromatic carbocycles. The molecule has 4 aromatic rings. The summed E-state index contributed by atoms with van der Waals surface area (Å²) in [7, 11) is 0. The Kier molecular flexibility index (Phi) is 7.76. The number of pyridine rings is 2. The first-order chi connectivity index (χ1) is 16.5. The van der Waals surface area contributed by atoms with E-state index < -0.39 is 0 Å². The van der Waals surface area contributed by atoms with Crippen molar-refractivity contribution >= 4 is 18.1 Å². The molecule has 0 aliphatic rings. The van der Waals surface area contributed by atoms with Crippen LogP contribution in [-0.2, 0) is 0 Å². The number of rotatable bonds is 6. The smallest absolute Gasteiger partial charge is 0.208 e. The van der Waals surface area contributed by atoms with E-state index in [0.29, 0.717) is 0 Å². The molecule has 0 saturated carbocycles. The lowest BCUT2D eigenvalue weighted by molar-refractivity contribution is -0.565. The predicted molar refractivity (Wildman–Crippen MR) is 142 cm³/mol. The van der Waals surface area contributed by atoms with Crippen LogP contribution in [0.3, 0.4) is 0 Å². The van der Waals surface area contributed by atoms with E-state index in [1.807, 2.05) is 12.1 Å². The Morgan fingerprint density at radius 3 is 1.53 bits per heavy atom. The Morgan fingerprint density at radius 1 is 0.647 bits per heavy atom. The van der Waals surface area contributed by atoms with Gasteiger partial charge in [-0.2, -0.15) is 0 Å². The normalized spacial score (nSPS) is 11.8. The molecule has 0 atom stereocenters. The van der Waals surface area contributed by atoms with Crippen LogP contribution < -0.4 is 8.54 Å². The van der Waals surface area contributed by atoms with Crippen LogP contribution in [0.25, 0.3) is 22.3 Å². The highest BCUT2D eigenvalue weighted by molar-refractivity contribution is 7.91. The van der Waals surface area contributed by atoms with Crippen LogP contribution >= 0.6 is 12.1 Å². The fourth-order valence-corrected chi connectivity index (χ4v) is 4.44. The third-order valence-electron chi connectivity index (χ3n) is 5.30. The first-order valence-electron chi connectivity index (χ1n) is 11.7. The van der Waals surface area contributed by atoms with Crippen molar-refractivity contribution in [3.8, 4) is 22.3 Å². The van der Waals surface area contributed by atoms with Crippen molar-refractivity contribution in [2.75, 3.05) is 0 Å². The summed E-state index contributed by atoms with van der Waals surface area (Å²) in [6.45, 7) is 8.62. The number of hydrogen-bond acceptors (Lipinski definition) is 2. The molecule has 0 amide bonds. The summed E-state index contributed by atoms with van der Waals surface area (Å²) >= 11 is 1.64. The number of aliphatic imine (C=N–C) groups is 1. The van der Waals surface area contributed by atoms with E-state index >= 15 is 0 Å². The van der Waals surface area contributed by atoms with Gasteiger partial charge >= 0.3 is 18.1 Å². The minimum Gasteiger partial charge on any atom is -0.208 e. The second kappa shape index (κ2) is 11.1. The van der Waals surface area contributed by atoms with Gasteiger partial charge in [-0.3, -0.25) is 0 Å². The van der Waals surface area contributed by atoms with Gasteiger partial charge in [0.25, 0.3) is 0 Å². The quantitative estimate of drug-likeness (QED) is 0.149. The van der Waals surface area contributed by atoms with E-state index in [1.165, 1.54) is 22.3 Å². The molecule has 2 heterocycles. The summed E-state index contributed by atoms with van der Waals surface area (Å²) in [6.07, 6.45) is 8.42. The van der Waals surface area contributed by atoms with Crippen LogP contribution in [0.1, 0.15) is 27.7 Å². The first kappa shape index (κ1) is 23.7. The van der Waals surface area contributed by atoms with Crippen molar-refractivity contribution in [2.45, 2.75) is 39.8 Å². The summed E-state index contributed by atoms with van der Waals surface area (Å²) in [5.41, 5.74) is 4.82. The highest BCUT2D eigenvalue weighted by atomic mass is 32.2. The molecule has 0 fully saturated rings. The molecule has 4 rings (SSSR count). The molecule has 0 radical (unpaired) electrons. The molecule has 172 valence electrons. The van der Waals surface area contributed by atoms with Crippen molar-refractivity contribution in [2.24, 2.45) is 4.99 Å². The minimum absolute atomic E-state index is 0.170. The van der Waals surface area contributed by atoms with Gasteiger partial charge in [-0.1, -0.05) is 60.7 Å². The van der Waals surface area contributed by atoms with Crippen LogP contribution in [0.15, 0.2) is 115 Å². The maximum Gasteiger partial charge on any atom is 0.409 e. The largest absolute Gasteiger partial charge is 0.409 e. The number of aromatic nitrogens is 2. The lowest BCUT2D eigenvalue weighted by atomic mass is 10.1. The van der Waals surface area contributed by atoms with Crippen molar-refractivity contribution < 1.29 is 8.54 Å². The fraction of sp³-hybridized carbons (Fsp3) is 0.207. The molecule has 0 aliphatic heterocycles. The number of hydrogen-bond donors (Lipinski definition) is 0. The van der Waals surface area contributed by atoms with Gasteiger partial charge in [0.1, 0.15) is 6.04 Å². The molecule has 4 nitrogen and oxygen atoms in total. The molecule has 2 aromatic heterocycles. The topological polar surface area (TPSA) is 23.4 Å². The van der Waals surface area contributed by atoms with E-state index in [9.17, 15) is 0 Å². The molecule has 0 saturated heterocycles. The third-order valence-corrected chi connectivity index (χ3v) is 6.49. The summed E-state index contributed by atoms with van der Waals surface area (Å²) in [5, 5.41) is 0. The lowest BCUT2D eigenvalue weighted by Crippen LogP contribution is -2.55. The van der Waals surface area contributed by atoms with E-state index in [0.717, 1.165) is 5.96 Å². The summed E-state index contributed by atoms with van der Waals surface area (Å²) in [4.78, 5) is 5.00. The Bertz CT molecular complexity index is 1200. The lowest BCUT2D eigenvalue weighted by Gasteiger charge is -2.17. The van der Waals surface area contributed by atoms with Crippen molar-refractivity contribution in [1.82, 2.24) is 4.31 Å². The Labute approximate surface area is 207 Å². The van der Waals surface area contributed by atoms with Crippen LogP contribution in [-0.4, -0.2) is 22.3 Å². The molecular formula is C29H32N4S+2. The second-order valence-electron chi connectivity index (χ2n) is 8.70. The van der Waals surface area contributed by atoms with Gasteiger partial charge < -0.3 is 0 Å². The molecule has 0 unspecified atom stereocenters. The van der Waals surface area contributed by atoms with Crippen molar-refractivity contribution in [1.29, 1.82) is 0 Å². The van der Waals surface area contributed by atoms with E-state index in [2.05, 4.69) is 138 Å². The Hall–Kier alpha value is -3.44. The van der Waals surface area contributed by atoms with Gasteiger partial charge in [-0.25, -0.2) is 4.57 Å².